The Morgan fingerprint density at radius 1 is 1.19 bits per heavy atom. The molecule has 7 nitrogen and oxygen atoms in total. The van der Waals surface area contributed by atoms with Gasteiger partial charge in [0.2, 0.25) is 5.91 Å². The van der Waals surface area contributed by atoms with Crippen molar-refractivity contribution in [2.24, 2.45) is 21.1 Å². The van der Waals surface area contributed by atoms with Crippen LogP contribution in [0.5, 0.6) is 0 Å². The maximum atomic E-state index is 13.4. The van der Waals surface area contributed by atoms with Crippen molar-refractivity contribution in [3.05, 3.63) is 58.6 Å². The van der Waals surface area contributed by atoms with E-state index < -0.39 is 11.0 Å². The lowest BCUT2D eigenvalue weighted by atomic mass is 9.61. The summed E-state index contributed by atoms with van der Waals surface area (Å²) in [6.07, 6.45) is 2.48. The quantitative estimate of drug-likeness (QED) is 0.778. The first-order valence-corrected chi connectivity index (χ1v) is 11.4. The molecule has 1 aromatic rings. The van der Waals surface area contributed by atoms with Crippen molar-refractivity contribution in [2.45, 2.75) is 45.1 Å². The molecule has 2 spiro atoms. The zero-order chi connectivity index (χ0) is 22.1. The lowest BCUT2D eigenvalue weighted by Gasteiger charge is -2.49. The molecule has 32 heavy (non-hydrogen) atoms. The molecular weight excluding hydrogens is 404 g/mol. The zero-order valence-electron chi connectivity index (χ0n) is 18.6. The number of nitrogens with one attached hydrogen (secondary N) is 1. The standard InChI is InChI=1S/C25H28N4O3/c1-23(2)9-18-21(19(30)10-23)25(17-11-26-28-22(17)27-18)12-24(32-15-25)13-29(14-24)20(31)8-16-6-4-3-5-7-16/h3-7,27H,8-15H2,1-2H3/t25-/m1/s1. The largest absolute Gasteiger partial charge is 0.370 e. The number of rotatable bonds is 2. The first-order valence-electron chi connectivity index (χ1n) is 11.4. The van der Waals surface area contributed by atoms with Gasteiger partial charge < -0.3 is 15.0 Å². The summed E-state index contributed by atoms with van der Waals surface area (Å²) in [5.41, 5.74) is 3.03. The second-order valence-electron chi connectivity index (χ2n) is 10.8. The van der Waals surface area contributed by atoms with Crippen molar-refractivity contribution >= 4 is 11.7 Å². The van der Waals surface area contributed by atoms with E-state index in [1.165, 1.54) is 0 Å². The zero-order valence-corrected chi connectivity index (χ0v) is 18.6. The molecule has 6 rings (SSSR count). The molecule has 0 bridgehead atoms. The maximum absolute atomic E-state index is 13.4. The SMILES string of the molecule is CC1(C)CC(=O)C2=C(C1)NC1=C(CN=N1)[C@@]21COC2(CN(C(=O)Cc3ccccc3)C2)C1. The molecule has 1 atom stereocenters. The summed E-state index contributed by atoms with van der Waals surface area (Å²) in [5, 5.41) is 12.1. The number of carbonyl (C=O) groups is 2. The van der Waals surface area contributed by atoms with Gasteiger partial charge in [-0.15, -0.1) is 5.11 Å². The van der Waals surface area contributed by atoms with E-state index in [0.29, 0.717) is 45.5 Å². The highest BCUT2D eigenvalue weighted by atomic mass is 16.5. The number of dihydropyridines is 1. The lowest BCUT2D eigenvalue weighted by Crippen LogP contribution is -2.64. The Morgan fingerprint density at radius 3 is 2.75 bits per heavy atom. The van der Waals surface area contributed by atoms with Crippen LogP contribution < -0.4 is 5.32 Å². The summed E-state index contributed by atoms with van der Waals surface area (Å²) in [5.74, 6) is 1.13. The van der Waals surface area contributed by atoms with Crippen LogP contribution in [0.25, 0.3) is 0 Å². The molecule has 2 fully saturated rings. The van der Waals surface area contributed by atoms with Gasteiger partial charge in [0.25, 0.3) is 0 Å². The van der Waals surface area contributed by atoms with Gasteiger partial charge in [0.15, 0.2) is 11.6 Å². The highest BCUT2D eigenvalue weighted by molar-refractivity contribution is 6.00. The van der Waals surface area contributed by atoms with E-state index in [-0.39, 0.29) is 17.1 Å². The van der Waals surface area contributed by atoms with Gasteiger partial charge in [-0.05, 0) is 23.8 Å². The molecule has 4 aliphatic heterocycles. The fraction of sp³-hybridized carbons (Fsp3) is 0.520. The van der Waals surface area contributed by atoms with Crippen molar-refractivity contribution in [3.8, 4) is 0 Å². The van der Waals surface area contributed by atoms with E-state index >= 15 is 0 Å². The predicted octanol–water partition coefficient (Wildman–Crippen LogP) is 3.14. The number of azo groups is 1. The van der Waals surface area contributed by atoms with Crippen molar-refractivity contribution in [3.63, 3.8) is 0 Å². The van der Waals surface area contributed by atoms with Gasteiger partial charge in [0.1, 0.15) is 5.60 Å². The number of Topliss-reactive ketones (excluding diaryl/α,β-unsaturated/α-hetero) is 1. The molecule has 0 aromatic heterocycles. The highest BCUT2D eigenvalue weighted by Crippen LogP contribution is 2.58. The molecule has 0 saturated carbocycles. The van der Waals surface area contributed by atoms with Gasteiger partial charge in [-0.1, -0.05) is 44.2 Å². The molecule has 1 N–H and O–H groups in total. The fourth-order valence-corrected chi connectivity index (χ4v) is 6.26. The summed E-state index contributed by atoms with van der Waals surface area (Å²) >= 11 is 0. The number of allylic oxidation sites excluding steroid dienone is 1. The van der Waals surface area contributed by atoms with Crippen LogP contribution >= 0.6 is 0 Å². The van der Waals surface area contributed by atoms with Crippen LogP contribution in [0.1, 0.15) is 38.7 Å². The number of likely N-dealkylation sites (tertiary alicyclic amines) is 1. The van der Waals surface area contributed by atoms with Crippen LogP contribution in [-0.4, -0.2) is 48.4 Å². The first kappa shape index (κ1) is 19.9. The van der Waals surface area contributed by atoms with Crippen LogP contribution in [0.3, 0.4) is 0 Å². The number of ketones is 1. The van der Waals surface area contributed by atoms with Crippen LogP contribution in [-0.2, 0) is 20.7 Å². The third-order valence-corrected chi connectivity index (χ3v) is 7.64. The smallest absolute Gasteiger partial charge is 0.227 e. The molecule has 1 aromatic carbocycles. The molecule has 2 saturated heterocycles. The summed E-state index contributed by atoms with van der Waals surface area (Å²) in [6.45, 7) is 6.39. The summed E-state index contributed by atoms with van der Waals surface area (Å²) in [7, 11) is 0. The van der Waals surface area contributed by atoms with Crippen LogP contribution in [0.15, 0.2) is 63.2 Å². The molecule has 0 radical (unpaired) electrons. The molecule has 5 aliphatic rings. The summed E-state index contributed by atoms with van der Waals surface area (Å²) < 4.78 is 6.43. The number of ether oxygens (including phenoxy) is 1. The second-order valence-corrected chi connectivity index (χ2v) is 10.8. The number of nitrogens with zero attached hydrogens (tertiary/aromatic N) is 3. The molecule has 0 unspecified atom stereocenters. The number of benzene rings is 1. The Hall–Kier alpha value is -2.80. The Balaban J connectivity index is 1.25. The van der Waals surface area contributed by atoms with E-state index in [1.807, 2.05) is 35.2 Å². The fourth-order valence-electron chi connectivity index (χ4n) is 6.26. The Morgan fingerprint density at radius 2 is 1.97 bits per heavy atom. The summed E-state index contributed by atoms with van der Waals surface area (Å²) in [4.78, 5) is 28.1. The van der Waals surface area contributed by atoms with Gasteiger partial charge in [-0.2, -0.15) is 5.11 Å². The molecular formula is C25H28N4O3. The first-order chi connectivity index (χ1) is 15.3. The Kier molecular flexibility index (Phi) is 4.10. The normalized spacial score (nSPS) is 29.3. The number of hydrogen-bond donors (Lipinski definition) is 1. The van der Waals surface area contributed by atoms with Crippen LogP contribution in [0.4, 0.5) is 0 Å². The minimum Gasteiger partial charge on any atom is -0.370 e. The Bertz CT molecular complexity index is 1110. The minimum atomic E-state index is -0.471. The van der Waals surface area contributed by atoms with E-state index in [4.69, 9.17) is 4.74 Å². The molecule has 7 heteroatoms. The molecule has 1 amide bonds. The number of amides is 1. The lowest BCUT2D eigenvalue weighted by molar-refractivity contribution is -0.157. The van der Waals surface area contributed by atoms with E-state index in [0.717, 1.165) is 34.6 Å². The third-order valence-electron chi connectivity index (χ3n) is 7.64. The van der Waals surface area contributed by atoms with Crippen molar-refractivity contribution in [1.82, 2.24) is 10.2 Å². The molecule has 4 heterocycles. The van der Waals surface area contributed by atoms with Crippen LogP contribution in [0.2, 0.25) is 0 Å². The van der Waals surface area contributed by atoms with Gasteiger partial charge in [0.05, 0.1) is 38.1 Å². The third kappa shape index (κ3) is 2.90. The van der Waals surface area contributed by atoms with Crippen molar-refractivity contribution in [1.29, 1.82) is 0 Å². The minimum absolute atomic E-state index is 0.0772. The van der Waals surface area contributed by atoms with E-state index in [2.05, 4.69) is 29.4 Å². The monoisotopic (exact) mass is 432 g/mol. The van der Waals surface area contributed by atoms with Crippen LogP contribution in [0, 0.1) is 10.8 Å². The molecule has 1 aliphatic carbocycles. The highest BCUT2D eigenvalue weighted by Gasteiger charge is 2.62. The topological polar surface area (TPSA) is 83.4 Å². The predicted molar refractivity (Wildman–Crippen MR) is 117 cm³/mol. The Labute approximate surface area is 187 Å². The number of hydrogen-bond acceptors (Lipinski definition) is 6. The van der Waals surface area contributed by atoms with Gasteiger partial charge >= 0.3 is 0 Å². The average molecular weight is 433 g/mol. The van der Waals surface area contributed by atoms with Gasteiger partial charge in [-0.3, -0.25) is 9.59 Å². The van der Waals surface area contributed by atoms with Gasteiger partial charge in [0, 0.05) is 23.3 Å². The maximum Gasteiger partial charge on any atom is 0.227 e. The summed E-state index contributed by atoms with van der Waals surface area (Å²) in [6, 6.07) is 9.83. The van der Waals surface area contributed by atoms with E-state index in [1.54, 1.807) is 0 Å². The van der Waals surface area contributed by atoms with Gasteiger partial charge in [-0.25, -0.2) is 0 Å². The second kappa shape index (κ2) is 6.61. The average Bonchev–Trinajstić information content (AvgIpc) is 3.32. The van der Waals surface area contributed by atoms with E-state index in [9.17, 15) is 9.59 Å². The number of carbonyl (C=O) groups excluding carboxylic acids is 2. The number of fused-ring (bicyclic) bond motifs is 2. The van der Waals surface area contributed by atoms with Crippen molar-refractivity contribution in [2.75, 3.05) is 26.2 Å². The molecule has 166 valence electrons. The van der Waals surface area contributed by atoms with Crippen molar-refractivity contribution < 1.29 is 14.3 Å².